The second kappa shape index (κ2) is 5.00. The smallest absolute Gasteiger partial charge is 0.160 e. The van der Waals surface area contributed by atoms with E-state index in [1.165, 1.54) is 17.7 Å². The maximum Gasteiger partial charge on any atom is 0.160 e. The minimum Gasteiger partial charge on any atom is -0.312 e. The molecule has 0 radical (unpaired) electrons. The minimum absolute atomic E-state index is 0.535. The molecule has 1 saturated heterocycles. The molecule has 4 rings (SSSR count). The summed E-state index contributed by atoms with van der Waals surface area (Å²) in [5.41, 5.74) is 1.97. The molecule has 102 valence electrons. The second-order valence-electron chi connectivity index (χ2n) is 5.16. The average molecular weight is 284 g/mol. The number of rotatable bonds is 3. The van der Waals surface area contributed by atoms with Gasteiger partial charge in [-0.2, -0.15) is 0 Å². The van der Waals surface area contributed by atoms with Crippen LogP contribution in [0.15, 0.2) is 35.8 Å². The largest absolute Gasteiger partial charge is 0.312 e. The van der Waals surface area contributed by atoms with Gasteiger partial charge >= 0.3 is 0 Å². The van der Waals surface area contributed by atoms with Crippen molar-refractivity contribution < 1.29 is 0 Å². The molecule has 1 fully saturated rings. The highest BCUT2D eigenvalue weighted by Gasteiger charge is 2.20. The number of nitrogens with one attached hydrogen (secondary N) is 1. The van der Waals surface area contributed by atoms with E-state index in [9.17, 15) is 0 Å². The predicted octanol–water partition coefficient (Wildman–Crippen LogP) is 2.91. The third kappa shape index (κ3) is 2.03. The summed E-state index contributed by atoms with van der Waals surface area (Å²) in [6.45, 7) is 2.07. The Hall–Kier alpha value is -1.72. The van der Waals surface area contributed by atoms with Crippen LogP contribution in [0.3, 0.4) is 0 Å². The lowest BCUT2D eigenvalue weighted by Crippen LogP contribution is -2.27. The summed E-state index contributed by atoms with van der Waals surface area (Å²) in [4.78, 5) is 10.5. The third-order valence-electron chi connectivity index (χ3n) is 3.81. The normalized spacial score (nSPS) is 18.9. The van der Waals surface area contributed by atoms with Crippen molar-refractivity contribution in [1.82, 2.24) is 19.9 Å². The number of fused-ring (bicyclic) bond motifs is 1. The summed E-state index contributed by atoms with van der Waals surface area (Å²) in [5.74, 6) is 1.04. The van der Waals surface area contributed by atoms with E-state index < -0.39 is 0 Å². The van der Waals surface area contributed by atoms with Crippen LogP contribution in [0.1, 0.15) is 12.8 Å². The van der Waals surface area contributed by atoms with Gasteiger partial charge in [-0.3, -0.25) is 0 Å². The topological polar surface area (TPSA) is 42.7 Å². The van der Waals surface area contributed by atoms with Gasteiger partial charge in [0.2, 0.25) is 0 Å². The molecule has 0 bridgehead atoms. The van der Waals surface area contributed by atoms with Crippen molar-refractivity contribution in [2.45, 2.75) is 25.4 Å². The molecular weight excluding hydrogens is 268 g/mol. The Morgan fingerprint density at radius 1 is 1.35 bits per heavy atom. The van der Waals surface area contributed by atoms with Crippen LogP contribution < -0.4 is 5.32 Å². The number of hydrogen-bond donors (Lipinski definition) is 1. The standard InChI is InChI=1S/C15H16N4S/c1-4-11(16-7-1)10-19-14-12(5-2-8-17-14)18-15(19)13-6-3-9-20-13/h2-3,5-6,8-9,11,16H,1,4,7,10H2. The molecule has 1 aliphatic heterocycles. The highest BCUT2D eigenvalue weighted by molar-refractivity contribution is 7.13. The molecule has 0 aliphatic carbocycles. The van der Waals surface area contributed by atoms with Crippen LogP contribution in [0.4, 0.5) is 0 Å². The SMILES string of the molecule is c1csc(-c2nc3cccnc3n2CC2CCCN2)c1. The van der Waals surface area contributed by atoms with Gasteiger partial charge in [0.1, 0.15) is 5.52 Å². The first-order valence-corrected chi connectivity index (χ1v) is 7.88. The Morgan fingerprint density at radius 3 is 3.15 bits per heavy atom. The van der Waals surface area contributed by atoms with Crippen LogP contribution in [0, 0.1) is 0 Å². The zero-order valence-corrected chi connectivity index (χ0v) is 11.9. The van der Waals surface area contributed by atoms with E-state index >= 15 is 0 Å². The summed E-state index contributed by atoms with van der Waals surface area (Å²) >= 11 is 1.73. The summed E-state index contributed by atoms with van der Waals surface area (Å²) in [6.07, 6.45) is 4.34. The molecule has 1 unspecified atom stereocenters. The Balaban J connectivity index is 1.84. The van der Waals surface area contributed by atoms with Gasteiger partial charge in [0, 0.05) is 18.8 Å². The lowest BCUT2D eigenvalue weighted by molar-refractivity contribution is 0.518. The summed E-state index contributed by atoms with van der Waals surface area (Å²) in [6, 6.07) is 8.73. The van der Waals surface area contributed by atoms with Crippen molar-refractivity contribution in [1.29, 1.82) is 0 Å². The molecule has 20 heavy (non-hydrogen) atoms. The number of aromatic nitrogens is 3. The van der Waals surface area contributed by atoms with Crippen molar-refractivity contribution in [3.63, 3.8) is 0 Å². The van der Waals surface area contributed by atoms with Crippen molar-refractivity contribution >= 4 is 22.5 Å². The number of pyridine rings is 1. The Morgan fingerprint density at radius 2 is 2.35 bits per heavy atom. The first-order valence-electron chi connectivity index (χ1n) is 7.00. The average Bonchev–Trinajstić information content (AvgIpc) is 3.19. The van der Waals surface area contributed by atoms with Crippen molar-refractivity contribution in [3.05, 3.63) is 35.8 Å². The zero-order valence-electron chi connectivity index (χ0n) is 11.1. The van der Waals surface area contributed by atoms with Crippen LogP contribution in [-0.4, -0.2) is 27.1 Å². The summed E-state index contributed by atoms with van der Waals surface area (Å²) < 4.78 is 2.27. The zero-order chi connectivity index (χ0) is 13.4. The van der Waals surface area contributed by atoms with Crippen LogP contribution in [0.5, 0.6) is 0 Å². The van der Waals surface area contributed by atoms with Crippen LogP contribution in [0.25, 0.3) is 21.9 Å². The van der Waals surface area contributed by atoms with E-state index in [0.717, 1.165) is 30.1 Å². The van der Waals surface area contributed by atoms with Gasteiger partial charge in [-0.25, -0.2) is 9.97 Å². The van der Waals surface area contributed by atoms with Crippen molar-refractivity contribution in [2.24, 2.45) is 0 Å². The summed E-state index contributed by atoms with van der Waals surface area (Å²) in [5, 5.41) is 5.66. The van der Waals surface area contributed by atoms with Gasteiger partial charge in [-0.15, -0.1) is 11.3 Å². The fourth-order valence-electron chi connectivity index (χ4n) is 2.86. The maximum absolute atomic E-state index is 4.78. The van der Waals surface area contributed by atoms with Gasteiger partial charge < -0.3 is 9.88 Å². The predicted molar refractivity (Wildman–Crippen MR) is 81.9 cm³/mol. The lowest BCUT2D eigenvalue weighted by Gasteiger charge is -2.13. The number of thiophene rings is 1. The van der Waals surface area contributed by atoms with E-state index in [2.05, 4.69) is 32.4 Å². The molecule has 3 aromatic heterocycles. The first kappa shape index (κ1) is 12.1. The monoisotopic (exact) mass is 284 g/mol. The molecule has 4 heterocycles. The van der Waals surface area contributed by atoms with Gasteiger partial charge in [-0.1, -0.05) is 6.07 Å². The summed E-state index contributed by atoms with van der Waals surface area (Å²) in [7, 11) is 0. The molecule has 1 aliphatic rings. The first-order chi connectivity index (χ1) is 9.92. The second-order valence-corrected chi connectivity index (χ2v) is 6.11. The molecule has 1 atom stereocenters. The molecule has 3 aromatic rings. The van der Waals surface area contributed by atoms with Crippen molar-refractivity contribution in [2.75, 3.05) is 6.54 Å². The minimum atomic E-state index is 0.535. The number of hydrogen-bond acceptors (Lipinski definition) is 4. The van der Waals surface area contributed by atoms with Gasteiger partial charge in [0.05, 0.1) is 4.88 Å². The Kier molecular flexibility index (Phi) is 3.01. The highest BCUT2D eigenvalue weighted by Crippen LogP contribution is 2.28. The van der Waals surface area contributed by atoms with E-state index in [1.54, 1.807) is 11.3 Å². The Labute approximate surface area is 121 Å². The number of imidazole rings is 1. The van der Waals surface area contributed by atoms with E-state index in [-0.39, 0.29) is 0 Å². The van der Waals surface area contributed by atoms with Crippen LogP contribution >= 0.6 is 11.3 Å². The molecule has 0 spiro atoms. The van der Waals surface area contributed by atoms with Crippen LogP contribution in [-0.2, 0) is 6.54 Å². The highest BCUT2D eigenvalue weighted by atomic mass is 32.1. The maximum atomic E-state index is 4.78. The molecule has 0 saturated carbocycles. The van der Waals surface area contributed by atoms with Crippen LogP contribution in [0.2, 0.25) is 0 Å². The van der Waals surface area contributed by atoms with Gasteiger partial charge in [0.15, 0.2) is 11.5 Å². The molecule has 0 amide bonds. The van der Waals surface area contributed by atoms with E-state index in [4.69, 9.17) is 4.98 Å². The Bertz CT molecular complexity index is 711. The molecule has 0 aromatic carbocycles. The molecular formula is C15H16N4S. The third-order valence-corrected chi connectivity index (χ3v) is 4.68. The molecule has 5 heteroatoms. The molecule has 1 N–H and O–H groups in total. The fraction of sp³-hybridized carbons (Fsp3) is 0.333. The van der Waals surface area contributed by atoms with E-state index in [0.29, 0.717) is 6.04 Å². The lowest BCUT2D eigenvalue weighted by atomic mass is 10.2. The van der Waals surface area contributed by atoms with Crippen molar-refractivity contribution in [3.8, 4) is 10.7 Å². The van der Waals surface area contributed by atoms with Gasteiger partial charge in [0.25, 0.3) is 0 Å². The fourth-order valence-corrected chi connectivity index (χ4v) is 3.58. The van der Waals surface area contributed by atoms with Gasteiger partial charge in [-0.05, 0) is 43.0 Å². The molecule has 4 nitrogen and oxygen atoms in total. The van der Waals surface area contributed by atoms with E-state index in [1.807, 2.05) is 18.3 Å². The number of nitrogens with zero attached hydrogens (tertiary/aromatic N) is 3. The quantitative estimate of drug-likeness (QED) is 0.804.